The Balaban J connectivity index is 1.75. The van der Waals surface area contributed by atoms with Crippen LogP contribution < -0.4 is 10.1 Å². The van der Waals surface area contributed by atoms with E-state index in [4.69, 9.17) is 4.74 Å². The number of hydrogen-bond acceptors (Lipinski definition) is 4. The van der Waals surface area contributed by atoms with E-state index in [0.717, 1.165) is 38.8 Å². The number of amides is 1. The normalized spacial score (nSPS) is 12.4. The van der Waals surface area contributed by atoms with Crippen LogP contribution in [0.5, 0.6) is 5.75 Å². The fourth-order valence-electron chi connectivity index (χ4n) is 2.94. The van der Waals surface area contributed by atoms with Crippen molar-refractivity contribution in [3.05, 3.63) is 47.5 Å². The van der Waals surface area contributed by atoms with Crippen molar-refractivity contribution in [1.82, 2.24) is 9.97 Å². The Morgan fingerprint density at radius 2 is 2.00 bits per heavy atom. The molecule has 1 unspecified atom stereocenters. The maximum absolute atomic E-state index is 12.8. The standard InChI is InChI=1S/C21H25N3O2S/c1-12(2)16-8-6-7-13(3)19(16)24-20(25)14(4)27-21-22-17-10-9-15(26-5)11-18(17)23-21/h6-12,14H,1-5H3,(H,22,23)(H,24,25). The molecule has 1 atom stereocenters. The maximum Gasteiger partial charge on any atom is 0.237 e. The third-order valence-electron chi connectivity index (χ3n) is 4.50. The number of aromatic amines is 1. The number of aromatic nitrogens is 2. The number of thioether (sulfide) groups is 1. The summed E-state index contributed by atoms with van der Waals surface area (Å²) in [6.07, 6.45) is 0. The second-order valence-corrected chi connectivity index (χ2v) is 8.20. The summed E-state index contributed by atoms with van der Waals surface area (Å²) in [6, 6.07) is 11.8. The second kappa shape index (κ2) is 8.05. The van der Waals surface area contributed by atoms with E-state index in [1.807, 2.05) is 44.2 Å². The zero-order valence-electron chi connectivity index (χ0n) is 16.3. The number of carbonyl (C=O) groups excluding carboxylic acids is 1. The quantitative estimate of drug-likeness (QED) is 0.580. The van der Waals surface area contributed by atoms with Gasteiger partial charge in [-0.15, -0.1) is 0 Å². The molecule has 1 amide bonds. The number of aryl methyl sites for hydroxylation is 1. The number of rotatable bonds is 6. The van der Waals surface area contributed by atoms with Gasteiger partial charge in [0.05, 0.1) is 23.4 Å². The fraction of sp³-hybridized carbons (Fsp3) is 0.333. The van der Waals surface area contributed by atoms with Gasteiger partial charge in [-0.3, -0.25) is 4.79 Å². The van der Waals surface area contributed by atoms with Crippen molar-refractivity contribution in [1.29, 1.82) is 0 Å². The van der Waals surface area contributed by atoms with E-state index < -0.39 is 0 Å². The number of ether oxygens (including phenoxy) is 1. The molecule has 3 aromatic rings. The highest BCUT2D eigenvalue weighted by molar-refractivity contribution is 8.00. The minimum Gasteiger partial charge on any atom is -0.497 e. The third kappa shape index (κ3) is 4.27. The summed E-state index contributed by atoms with van der Waals surface area (Å²) in [5.74, 6) is 1.08. The van der Waals surface area contributed by atoms with E-state index in [2.05, 4.69) is 35.2 Å². The SMILES string of the molecule is COc1ccc2nc(SC(C)C(=O)Nc3c(C)cccc3C(C)C)[nH]c2c1. The van der Waals surface area contributed by atoms with E-state index in [9.17, 15) is 4.79 Å². The number of nitrogens with one attached hydrogen (secondary N) is 2. The molecule has 3 rings (SSSR count). The molecule has 1 aromatic heterocycles. The molecule has 27 heavy (non-hydrogen) atoms. The first-order chi connectivity index (χ1) is 12.9. The summed E-state index contributed by atoms with van der Waals surface area (Å²) in [4.78, 5) is 20.6. The predicted molar refractivity (Wildman–Crippen MR) is 112 cm³/mol. The Kier molecular flexibility index (Phi) is 5.75. The number of methoxy groups -OCH3 is 1. The van der Waals surface area contributed by atoms with Crippen LogP contribution in [0.25, 0.3) is 11.0 Å². The Hall–Kier alpha value is -2.47. The van der Waals surface area contributed by atoms with Crippen LogP contribution in [0.1, 0.15) is 37.8 Å². The van der Waals surface area contributed by atoms with E-state index in [0.29, 0.717) is 5.92 Å². The van der Waals surface area contributed by atoms with Crippen LogP contribution in [-0.2, 0) is 4.79 Å². The van der Waals surface area contributed by atoms with Gasteiger partial charge in [0.15, 0.2) is 5.16 Å². The van der Waals surface area contributed by atoms with Crippen LogP contribution in [0.2, 0.25) is 0 Å². The number of nitrogens with zero attached hydrogens (tertiary/aromatic N) is 1. The van der Waals surface area contributed by atoms with Crippen LogP contribution in [0.15, 0.2) is 41.6 Å². The summed E-state index contributed by atoms with van der Waals surface area (Å²) in [5.41, 5.74) is 4.88. The lowest BCUT2D eigenvalue weighted by atomic mass is 9.98. The molecule has 0 bridgehead atoms. The minimum atomic E-state index is -0.285. The summed E-state index contributed by atoms with van der Waals surface area (Å²) in [6.45, 7) is 8.17. The Labute approximate surface area is 163 Å². The van der Waals surface area contributed by atoms with E-state index >= 15 is 0 Å². The lowest BCUT2D eigenvalue weighted by molar-refractivity contribution is -0.115. The van der Waals surface area contributed by atoms with Crippen molar-refractivity contribution < 1.29 is 9.53 Å². The molecule has 6 heteroatoms. The van der Waals surface area contributed by atoms with Gasteiger partial charge >= 0.3 is 0 Å². The Bertz CT molecular complexity index is 965. The van der Waals surface area contributed by atoms with Crippen LogP contribution >= 0.6 is 11.8 Å². The highest BCUT2D eigenvalue weighted by atomic mass is 32.2. The number of para-hydroxylation sites is 1. The monoisotopic (exact) mass is 383 g/mol. The molecular weight excluding hydrogens is 358 g/mol. The van der Waals surface area contributed by atoms with E-state index in [1.165, 1.54) is 11.8 Å². The molecule has 0 spiro atoms. The number of imidazole rings is 1. The summed E-state index contributed by atoms with van der Waals surface area (Å²) < 4.78 is 5.24. The fourth-order valence-corrected chi connectivity index (χ4v) is 3.76. The molecule has 0 saturated carbocycles. The number of H-pyrrole nitrogens is 1. The Morgan fingerprint density at radius 1 is 1.22 bits per heavy atom. The highest BCUT2D eigenvalue weighted by Crippen LogP contribution is 2.30. The molecule has 0 aliphatic heterocycles. The van der Waals surface area contributed by atoms with Gasteiger partial charge in [0, 0.05) is 11.8 Å². The van der Waals surface area contributed by atoms with Crippen molar-refractivity contribution in [3.63, 3.8) is 0 Å². The van der Waals surface area contributed by atoms with E-state index in [-0.39, 0.29) is 11.2 Å². The highest BCUT2D eigenvalue weighted by Gasteiger charge is 2.19. The first-order valence-electron chi connectivity index (χ1n) is 8.99. The van der Waals surface area contributed by atoms with Crippen molar-refractivity contribution in [2.45, 2.75) is 44.0 Å². The number of fused-ring (bicyclic) bond motifs is 1. The van der Waals surface area contributed by atoms with Gasteiger partial charge in [0.1, 0.15) is 5.75 Å². The van der Waals surface area contributed by atoms with Crippen molar-refractivity contribution >= 4 is 34.4 Å². The molecule has 0 aliphatic carbocycles. The predicted octanol–water partition coefficient (Wildman–Crippen LogP) is 5.12. The van der Waals surface area contributed by atoms with Crippen LogP contribution in [0.3, 0.4) is 0 Å². The largest absolute Gasteiger partial charge is 0.497 e. The molecule has 1 heterocycles. The smallest absolute Gasteiger partial charge is 0.237 e. The molecule has 2 aromatic carbocycles. The molecule has 0 saturated heterocycles. The van der Waals surface area contributed by atoms with Gasteiger partial charge in [-0.2, -0.15) is 0 Å². The average molecular weight is 384 g/mol. The lowest BCUT2D eigenvalue weighted by Gasteiger charge is -2.18. The van der Waals surface area contributed by atoms with Crippen molar-refractivity contribution in [2.75, 3.05) is 12.4 Å². The average Bonchev–Trinajstić information content (AvgIpc) is 3.04. The maximum atomic E-state index is 12.8. The Morgan fingerprint density at radius 3 is 2.70 bits per heavy atom. The molecule has 5 nitrogen and oxygen atoms in total. The van der Waals surface area contributed by atoms with Gasteiger partial charge in [-0.1, -0.05) is 43.8 Å². The molecule has 2 N–H and O–H groups in total. The van der Waals surface area contributed by atoms with Crippen LogP contribution in [-0.4, -0.2) is 28.2 Å². The van der Waals surface area contributed by atoms with Crippen molar-refractivity contribution in [3.8, 4) is 5.75 Å². The lowest BCUT2D eigenvalue weighted by Crippen LogP contribution is -2.24. The van der Waals surface area contributed by atoms with Crippen LogP contribution in [0.4, 0.5) is 5.69 Å². The number of carbonyl (C=O) groups is 1. The molecule has 0 radical (unpaired) electrons. The zero-order chi connectivity index (χ0) is 19.6. The first-order valence-corrected chi connectivity index (χ1v) is 9.87. The van der Waals surface area contributed by atoms with Gasteiger partial charge in [0.25, 0.3) is 0 Å². The van der Waals surface area contributed by atoms with Gasteiger partial charge < -0.3 is 15.0 Å². The molecule has 142 valence electrons. The number of hydrogen-bond donors (Lipinski definition) is 2. The van der Waals surface area contributed by atoms with Crippen LogP contribution in [0, 0.1) is 6.92 Å². The summed E-state index contributed by atoms with van der Waals surface area (Å²) in [7, 11) is 1.64. The third-order valence-corrected chi connectivity index (χ3v) is 5.48. The molecular formula is C21H25N3O2S. The first kappa shape index (κ1) is 19.3. The topological polar surface area (TPSA) is 67.0 Å². The van der Waals surface area contributed by atoms with Gasteiger partial charge in [-0.05, 0) is 43.0 Å². The molecule has 0 aliphatic rings. The second-order valence-electron chi connectivity index (χ2n) is 6.87. The van der Waals surface area contributed by atoms with Gasteiger partial charge in [-0.25, -0.2) is 4.98 Å². The summed E-state index contributed by atoms with van der Waals surface area (Å²) >= 11 is 1.41. The van der Waals surface area contributed by atoms with E-state index in [1.54, 1.807) is 7.11 Å². The summed E-state index contributed by atoms with van der Waals surface area (Å²) in [5, 5.41) is 3.54. The molecule has 0 fully saturated rings. The van der Waals surface area contributed by atoms with Gasteiger partial charge in [0.2, 0.25) is 5.91 Å². The van der Waals surface area contributed by atoms with Crippen molar-refractivity contribution in [2.24, 2.45) is 0 Å². The minimum absolute atomic E-state index is 0.0331. The zero-order valence-corrected chi connectivity index (χ0v) is 17.1. The number of benzene rings is 2. The number of anilines is 1.